The zero-order valence-electron chi connectivity index (χ0n) is 12.4. The minimum Gasteiger partial charge on any atom is -0.492 e. The van der Waals surface area contributed by atoms with Crippen LogP contribution in [0.1, 0.15) is 5.56 Å². The van der Waals surface area contributed by atoms with Crippen molar-refractivity contribution in [2.24, 2.45) is 0 Å². The Bertz CT molecular complexity index is 687. The first-order chi connectivity index (χ1) is 11.3. The third-order valence-electron chi connectivity index (χ3n) is 2.92. The first kappa shape index (κ1) is 17.6. The van der Waals surface area contributed by atoms with Crippen LogP contribution < -0.4 is 15.4 Å². The molecule has 0 heterocycles. The number of carbonyl (C=O) groups is 1. The summed E-state index contributed by atoms with van der Waals surface area (Å²) in [4.78, 5) is 11.6. The molecule has 2 amide bonds. The van der Waals surface area contributed by atoms with E-state index in [0.29, 0.717) is 5.75 Å². The number of alkyl halides is 3. The lowest BCUT2D eigenvalue weighted by Crippen LogP contribution is -2.32. The molecule has 2 rings (SSSR count). The van der Waals surface area contributed by atoms with Gasteiger partial charge in [-0.15, -0.1) is 0 Å². The first-order valence-electron chi connectivity index (χ1n) is 6.95. The van der Waals surface area contributed by atoms with Gasteiger partial charge in [-0.2, -0.15) is 13.2 Å². The molecule has 128 valence electrons. The second-order valence-corrected chi connectivity index (χ2v) is 4.76. The van der Waals surface area contributed by atoms with Gasteiger partial charge in [0.15, 0.2) is 0 Å². The van der Waals surface area contributed by atoms with Crippen molar-refractivity contribution in [2.45, 2.75) is 6.18 Å². The van der Waals surface area contributed by atoms with Gasteiger partial charge in [0.1, 0.15) is 18.2 Å². The van der Waals surface area contributed by atoms with Crippen LogP contribution in [0, 0.1) is 5.82 Å². The highest BCUT2D eigenvalue weighted by Gasteiger charge is 2.30. The molecule has 0 aliphatic rings. The summed E-state index contributed by atoms with van der Waals surface area (Å²) in [5.41, 5.74) is -0.818. The summed E-state index contributed by atoms with van der Waals surface area (Å²) in [6, 6.07) is 9.02. The van der Waals surface area contributed by atoms with Gasteiger partial charge >= 0.3 is 12.2 Å². The second-order valence-electron chi connectivity index (χ2n) is 4.76. The van der Waals surface area contributed by atoms with Crippen molar-refractivity contribution in [1.29, 1.82) is 0 Å². The van der Waals surface area contributed by atoms with Crippen molar-refractivity contribution >= 4 is 11.7 Å². The Labute approximate surface area is 135 Å². The Balaban J connectivity index is 1.76. The van der Waals surface area contributed by atoms with Gasteiger partial charge in [0.2, 0.25) is 0 Å². The molecule has 0 aliphatic carbocycles. The van der Waals surface area contributed by atoms with Crippen LogP contribution in [0.4, 0.5) is 28.0 Å². The number of carbonyl (C=O) groups excluding carboxylic acids is 1. The maximum atomic E-state index is 12.7. The fourth-order valence-corrected chi connectivity index (χ4v) is 1.81. The van der Waals surface area contributed by atoms with Crippen molar-refractivity contribution < 1.29 is 27.1 Å². The zero-order chi connectivity index (χ0) is 17.6. The average Bonchev–Trinajstić information content (AvgIpc) is 2.53. The maximum absolute atomic E-state index is 12.7. The summed E-state index contributed by atoms with van der Waals surface area (Å²) in [5.74, 6) is 0.0532. The number of rotatable bonds is 5. The minimum atomic E-state index is -4.48. The second kappa shape index (κ2) is 7.67. The molecule has 2 aromatic carbocycles. The quantitative estimate of drug-likeness (QED) is 0.636. The number of amides is 2. The highest BCUT2D eigenvalue weighted by molar-refractivity contribution is 5.89. The van der Waals surface area contributed by atoms with E-state index < -0.39 is 17.8 Å². The van der Waals surface area contributed by atoms with Gasteiger partial charge in [0, 0.05) is 5.69 Å². The predicted octanol–water partition coefficient (Wildman–Crippen LogP) is 4.05. The first-order valence-corrected chi connectivity index (χ1v) is 6.95. The molecule has 0 spiro atoms. The summed E-state index contributed by atoms with van der Waals surface area (Å²) in [6.07, 6.45) is -4.48. The standard InChI is InChI=1S/C16H14F4N2O2/c17-12-4-6-14(7-5-12)24-9-8-21-15(23)22-13-3-1-2-11(10-13)16(18,19)20/h1-7,10H,8-9H2,(H2,21,22,23). The number of halogens is 4. The number of ether oxygens (including phenoxy) is 1. The lowest BCUT2D eigenvalue weighted by Gasteiger charge is -2.11. The Morgan fingerprint density at radius 1 is 1.08 bits per heavy atom. The topological polar surface area (TPSA) is 50.4 Å². The fraction of sp³-hybridized carbons (Fsp3) is 0.188. The molecular formula is C16H14F4N2O2. The molecular weight excluding hydrogens is 328 g/mol. The van der Waals surface area contributed by atoms with E-state index in [1.54, 1.807) is 0 Å². The highest BCUT2D eigenvalue weighted by Crippen LogP contribution is 2.30. The summed E-state index contributed by atoms with van der Waals surface area (Å²) in [6.45, 7) is 0.254. The van der Waals surface area contributed by atoms with E-state index in [1.807, 2.05) is 0 Å². The van der Waals surface area contributed by atoms with Crippen molar-refractivity contribution in [3.63, 3.8) is 0 Å². The fourth-order valence-electron chi connectivity index (χ4n) is 1.81. The number of benzene rings is 2. The average molecular weight is 342 g/mol. The summed E-state index contributed by atoms with van der Waals surface area (Å²) < 4.78 is 55.7. The molecule has 0 aromatic heterocycles. The van der Waals surface area contributed by atoms with E-state index in [9.17, 15) is 22.4 Å². The molecule has 24 heavy (non-hydrogen) atoms. The van der Waals surface area contributed by atoms with E-state index in [0.717, 1.165) is 12.1 Å². The van der Waals surface area contributed by atoms with Crippen LogP contribution in [0.3, 0.4) is 0 Å². The number of hydrogen-bond acceptors (Lipinski definition) is 2. The van der Waals surface area contributed by atoms with Crippen molar-refractivity contribution in [1.82, 2.24) is 5.32 Å². The van der Waals surface area contributed by atoms with Gasteiger partial charge in [0.05, 0.1) is 12.1 Å². The summed E-state index contributed by atoms with van der Waals surface area (Å²) in [5, 5.41) is 4.75. The molecule has 0 bridgehead atoms. The molecule has 0 saturated carbocycles. The number of anilines is 1. The summed E-state index contributed by atoms with van der Waals surface area (Å²) in [7, 11) is 0. The highest BCUT2D eigenvalue weighted by atomic mass is 19.4. The summed E-state index contributed by atoms with van der Waals surface area (Å²) >= 11 is 0. The van der Waals surface area contributed by atoms with Crippen molar-refractivity contribution in [3.05, 3.63) is 59.9 Å². The normalized spacial score (nSPS) is 11.0. The third kappa shape index (κ3) is 5.45. The van der Waals surface area contributed by atoms with Crippen molar-refractivity contribution in [3.8, 4) is 5.75 Å². The number of urea groups is 1. The molecule has 0 radical (unpaired) electrons. The van der Waals surface area contributed by atoms with Crippen molar-refractivity contribution in [2.75, 3.05) is 18.5 Å². The van der Waals surface area contributed by atoms with Gasteiger partial charge in [0.25, 0.3) is 0 Å². The van der Waals surface area contributed by atoms with Crippen LogP contribution in [0.15, 0.2) is 48.5 Å². The van der Waals surface area contributed by atoms with Crippen LogP contribution in [-0.2, 0) is 6.18 Å². The molecule has 0 aliphatic heterocycles. The van der Waals surface area contributed by atoms with E-state index in [1.165, 1.54) is 36.4 Å². The Morgan fingerprint density at radius 2 is 1.79 bits per heavy atom. The molecule has 0 unspecified atom stereocenters. The Kier molecular flexibility index (Phi) is 5.62. The smallest absolute Gasteiger partial charge is 0.416 e. The van der Waals surface area contributed by atoms with E-state index in [2.05, 4.69) is 10.6 Å². The zero-order valence-corrected chi connectivity index (χ0v) is 12.4. The van der Waals surface area contributed by atoms with Crippen LogP contribution in [-0.4, -0.2) is 19.2 Å². The van der Waals surface area contributed by atoms with Crippen LogP contribution >= 0.6 is 0 Å². The molecule has 4 nitrogen and oxygen atoms in total. The molecule has 0 atom stereocenters. The molecule has 2 N–H and O–H groups in total. The monoisotopic (exact) mass is 342 g/mol. The Hall–Kier alpha value is -2.77. The van der Waals surface area contributed by atoms with Crippen LogP contribution in [0.25, 0.3) is 0 Å². The molecule has 0 fully saturated rings. The Morgan fingerprint density at radius 3 is 2.46 bits per heavy atom. The van der Waals surface area contributed by atoms with Gasteiger partial charge in [-0.1, -0.05) is 6.07 Å². The van der Waals surface area contributed by atoms with Crippen LogP contribution in [0.5, 0.6) is 5.75 Å². The molecule has 2 aromatic rings. The predicted molar refractivity (Wildman–Crippen MR) is 80.4 cm³/mol. The lowest BCUT2D eigenvalue weighted by molar-refractivity contribution is -0.137. The van der Waals surface area contributed by atoms with Gasteiger partial charge in [-0.3, -0.25) is 0 Å². The number of hydrogen-bond donors (Lipinski definition) is 2. The SMILES string of the molecule is O=C(NCCOc1ccc(F)cc1)Nc1cccc(C(F)(F)F)c1. The van der Waals surface area contributed by atoms with Crippen LogP contribution in [0.2, 0.25) is 0 Å². The van der Waals surface area contributed by atoms with Gasteiger partial charge in [-0.05, 0) is 42.5 Å². The van der Waals surface area contributed by atoms with E-state index in [-0.39, 0.29) is 24.7 Å². The van der Waals surface area contributed by atoms with Gasteiger partial charge in [-0.25, -0.2) is 9.18 Å². The molecule has 8 heteroatoms. The maximum Gasteiger partial charge on any atom is 0.416 e. The van der Waals surface area contributed by atoms with Gasteiger partial charge < -0.3 is 15.4 Å². The van der Waals surface area contributed by atoms with E-state index in [4.69, 9.17) is 4.74 Å². The lowest BCUT2D eigenvalue weighted by atomic mass is 10.2. The minimum absolute atomic E-state index is 0.0294. The number of nitrogens with one attached hydrogen (secondary N) is 2. The molecule has 0 saturated heterocycles. The third-order valence-corrected chi connectivity index (χ3v) is 2.92. The largest absolute Gasteiger partial charge is 0.492 e. The van der Waals surface area contributed by atoms with E-state index >= 15 is 0 Å².